The van der Waals surface area contributed by atoms with Crippen molar-refractivity contribution >= 4 is 17.5 Å². The van der Waals surface area contributed by atoms with E-state index in [0.29, 0.717) is 5.69 Å². The summed E-state index contributed by atoms with van der Waals surface area (Å²) in [7, 11) is 0. The molecule has 84 valence electrons. The van der Waals surface area contributed by atoms with E-state index in [2.05, 4.69) is 26.3 Å². The molecule has 1 aromatic rings. The quantitative estimate of drug-likeness (QED) is 0.821. The van der Waals surface area contributed by atoms with Crippen molar-refractivity contribution in [2.75, 3.05) is 5.73 Å². The Balaban J connectivity index is 2.89. The number of hydrogen-bond acceptors (Lipinski definition) is 4. The van der Waals surface area contributed by atoms with E-state index in [1.165, 1.54) is 6.92 Å². The first-order valence-electron chi connectivity index (χ1n) is 3.77. The van der Waals surface area contributed by atoms with Crippen LogP contribution in [0.3, 0.4) is 0 Å². The van der Waals surface area contributed by atoms with Gasteiger partial charge in [0.1, 0.15) is 0 Å². The second-order valence-electron chi connectivity index (χ2n) is 2.67. The summed E-state index contributed by atoms with van der Waals surface area (Å²) < 4.78 is 41.5. The SMILES string of the molecule is Cc1cc(OC(F)(F)C(F)Cl)nc(N)n1. The molecule has 1 aromatic heterocycles. The van der Waals surface area contributed by atoms with Gasteiger partial charge in [0.2, 0.25) is 11.8 Å². The van der Waals surface area contributed by atoms with Crippen LogP contribution in [0, 0.1) is 6.92 Å². The van der Waals surface area contributed by atoms with Crippen molar-refractivity contribution in [3.05, 3.63) is 11.8 Å². The van der Waals surface area contributed by atoms with Crippen molar-refractivity contribution in [2.24, 2.45) is 0 Å². The van der Waals surface area contributed by atoms with Gasteiger partial charge in [-0.05, 0) is 6.92 Å². The highest BCUT2D eigenvalue weighted by Crippen LogP contribution is 2.27. The zero-order chi connectivity index (χ0) is 11.6. The molecule has 0 aromatic carbocycles. The Labute approximate surface area is 88.2 Å². The van der Waals surface area contributed by atoms with Gasteiger partial charge in [-0.15, -0.1) is 0 Å². The Morgan fingerprint density at radius 3 is 2.60 bits per heavy atom. The van der Waals surface area contributed by atoms with E-state index in [-0.39, 0.29) is 5.95 Å². The van der Waals surface area contributed by atoms with Crippen LogP contribution in [0.5, 0.6) is 5.88 Å². The Morgan fingerprint density at radius 2 is 2.13 bits per heavy atom. The van der Waals surface area contributed by atoms with E-state index < -0.39 is 17.6 Å². The summed E-state index contributed by atoms with van der Waals surface area (Å²) in [6, 6.07) is 1.09. The Morgan fingerprint density at radius 1 is 1.53 bits per heavy atom. The highest BCUT2D eigenvalue weighted by Gasteiger charge is 2.42. The van der Waals surface area contributed by atoms with E-state index in [1.54, 1.807) is 0 Å². The van der Waals surface area contributed by atoms with Crippen molar-refractivity contribution in [3.8, 4) is 5.88 Å². The molecule has 4 nitrogen and oxygen atoms in total. The molecule has 0 spiro atoms. The largest absolute Gasteiger partial charge is 0.445 e. The molecule has 0 bridgehead atoms. The summed E-state index contributed by atoms with van der Waals surface area (Å²) in [4.78, 5) is 6.96. The second-order valence-corrected chi connectivity index (χ2v) is 3.05. The van der Waals surface area contributed by atoms with E-state index >= 15 is 0 Å². The number of nitrogen functional groups attached to an aromatic ring is 1. The van der Waals surface area contributed by atoms with Crippen LogP contribution in [0.4, 0.5) is 19.1 Å². The van der Waals surface area contributed by atoms with Crippen LogP contribution >= 0.6 is 11.6 Å². The van der Waals surface area contributed by atoms with E-state index in [9.17, 15) is 13.2 Å². The molecule has 0 aliphatic carbocycles. The van der Waals surface area contributed by atoms with Gasteiger partial charge in [-0.25, -0.2) is 9.37 Å². The van der Waals surface area contributed by atoms with E-state index in [1.807, 2.05) is 0 Å². The average molecular weight is 242 g/mol. The van der Waals surface area contributed by atoms with E-state index in [4.69, 9.17) is 5.73 Å². The summed E-state index contributed by atoms with van der Waals surface area (Å²) in [5, 5.41) is 0. The van der Waals surface area contributed by atoms with Gasteiger partial charge >= 0.3 is 6.11 Å². The summed E-state index contributed by atoms with van der Waals surface area (Å²) >= 11 is 4.58. The van der Waals surface area contributed by atoms with Crippen molar-refractivity contribution in [2.45, 2.75) is 18.7 Å². The number of ether oxygens (including phenoxy) is 1. The molecular weight excluding hydrogens is 235 g/mol. The first kappa shape index (κ1) is 11.8. The summed E-state index contributed by atoms with van der Waals surface area (Å²) in [5.41, 5.74) is 2.53. The molecule has 0 amide bonds. The van der Waals surface area contributed by atoms with Crippen molar-refractivity contribution < 1.29 is 17.9 Å². The van der Waals surface area contributed by atoms with Crippen molar-refractivity contribution in [3.63, 3.8) is 0 Å². The number of hydrogen-bond donors (Lipinski definition) is 1. The Bertz CT molecular complexity index is 341. The molecule has 1 unspecified atom stereocenters. The molecule has 0 radical (unpaired) electrons. The molecule has 0 aliphatic rings. The van der Waals surface area contributed by atoms with Crippen LogP contribution in [0.15, 0.2) is 6.07 Å². The number of nitrogens with zero attached hydrogens (tertiary/aromatic N) is 2. The maximum Gasteiger partial charge on any atom is 0.445 e. The molecular formula is C7H7ClF3N3O. The van der Waals surface area contributed by atoms with Crippen LogP contribution in [-0.4, -0.2) is 21.7 Å². The molecule has 2 N–H and O–H groups in total. The number of halogens is 4. The molecule has 15 heavy (non-hydrogen) atoms. The number of aromatic nitrogens is 2. The fourth-order valence-corrected chi connectivity index (χ4v) is 0.843. The lowest BCUT2D eigenvalue weighted by molar-refractivity contribution is -0.200. The van der Waals surface area contributed by atoms with Gasteiger partial charge in [-0.1, -0.05) is 11.6 Å². The average Bonchev–Trinajstić information content (AvgIpc) is 1.99. The van der Waals surface area contributed by atoms with Crippen molar-refractivity contribution in [1.29, 1.82) is 0 Å². The molecule has 0 saturated carbocycles. The maximum absolute atomic E-state index is 12.7. The molecule has 1 atom stereocenters. The standard InChI is InChI=1S/C7H7ClF3N3O/c1-3-2-4(14-6(12)13-3)15-7(10,11)5(8)9/h2,5H,1H3,(H2,12,13,14). The smallest absolute Gasteiger partial charge is 0.411 e. The zero-order valence-corrected chi connectivity index (χ0v) is 8.30. The Kier molecular flexibility index (Phi) is 3.23. The predicted octanol–water partition coefficient (Wildman–Crippen LogP) is 1.87. The minimum atomic E-state index is -4.16. The van der Waals surface area contributed by atoms with Gasteiger partial charge in [0, 0.05) is 11.8 Å². The van der Waals surface area contributed by atoms with Crippen LogP contribution in [0.1, 0.15) is 5.69 Å². The van der Waals surface area contributed by atoms with Crippen LogP contribution in [0.25, 0.3) is 0 Å². The minimum Gasteiger partial charge on any atom is -0.411 e. The molecule has 0 saturated heterocycles. The molecule has 1 heterocycles. The third-order valence-electron chi connectivity index (χ3n) is 1.34. The number of nitrogens with two attached hydrogens (primary N) is 1. The fraction of sp³-hybridized carbons (Fsp3) is 0.429. The molecule has 0 aliphatic heterocycles. The normalized spacial score (nSPS) is 13.7. The van der Waals surface area contributed by atoms with Crippen LogP contribution < -0.4 is 10.5 Å². The lowest BCUT2D eigenvalue weighted by Crippen LogP contribution is -2.33. The number of aryl methyl sites for hydroxylation is 1. The highest BCUT2D eigenvalue weighted by molar-refractivity contribution is 6.20. The first-order valence-corrected chi connectivity index (χ1v) is 4.21. The Hall–Kier alpha value is -1.24. The van der Waals surface area contributed by atoms with Crippen LogP contribution in [-0.2, 0) is 0 Å². The van der Waals surface area contributed by atoms with Gasteiger partial charge in [-0.3, -0.25) is 0 Å². The molecule has 0 fully saturated rings. The number of rotatable bonds is 3. The molecule has 8 heteroatoms. The van der Waals surface area contributed by atoms with Gasteiger partial charge in [0.25, 0.3) is 5.63 Å². The third-order valence-corrected chi connectivity index (χ3v) is 1.60. The van der Waals surface area contributed by atoms with Gasteiger partial charge in [-0.2, -0.15) is 13.8 Å². The highest BCUT2D eigenvalue weighted by atomic mass is 35.5. The zero-order valence-electron chi connectivity index (χ0n) is 7.55. The lowest BCUT2D eigenvalue weighted by atomic mass is 10.4. The third kappa shape index (κ3) is 3.12. The lowest BCUT2D eigenvalue weighted by Gasteiger charge is -2.16. The second kappa shape index (κ2) is 4.09. The topological polar surface area (TPSA) is 61.0 Å². The minimum absolute atomic E-state index is 0.245. The fourth-order valence-electron chi connectivity index (χ4n) is 0.798. The van der Waals surface area contributed by atoms with Crippen molar-refractivity contribution in [1.82, 2.24) is 9.97 Å². The summed E-state index contributed by atoms with van der Waals surface area (Å²) in [6.07, 6.45) is -4.16. The number of alkyl halides is 4. The van der Waals surface area contributed by atoms with Crippen LogP contribution in [0.2, 0.25) is 0 Å². The first-order chi connectivity index (χ1) is 6.81. The maximum atomic E-state index is 12.7. The number of anilines is 1. The summed E-state index contributed by atoms with van der Waals surface area (Å²) in [5.74, 6) is -0.779. The molecule has 1 rings (SSSR count). The predicted molar refractivity (Wildman–Crippen MR) is 47.5 cm³/mol. The summed E-state index contributed by atoms with van der Waals surface area (Å²) in [6.45, 7) is 1.50. The van der Waals surface area contributed by atoms with Gasteiger partial charge < -0.3 is 10.5 Å². The van der Waals surface area contributed by atoms with Gasteiger partial charge in [0.05, 0.1) is 0 Å². The monoisotopic (exact) mass is 241 g/mol. The van der Waals surface area contributed by atoms with E-state index in [0.717, 1.165) is 6.07 Å². The van der Waals surface area contributed by atoms with Gasteiger partial charge in [0.15, 0.2) is 0 Å².